The summed E-state index contributed by atoms with van der Waals surface area (Å²) in [6.45, 7) is 18.1. The predicted molar refractivity (Wildman–Crippen MR) is 176 cm³/mol. The van der Waals surface area contributed by atoms with E-state index in [2.05, 4.69) is 10.1 Å². The summed E-state index contributed by atoms with van der Waals surface area (Å²) < 4.78 is 19.1. The SMILES string of the molecule is CC(C)(C)OC(=O)N1CCc2ccc([N+](=O)[O-])cc2C1.CC(C)(C)OC(=O)OC(=O)OC(C)(C)C.O=[N+]([O-])c1ccc2c(c1)CNCC2. The van der Waals surface area contributed by atoms with Crippen molar-refractivity contribution in [3.8, 4) is 0 Å². The fourth-order valence-corrected chi connectivity index (χ4v) is 4.33. The Balaban J connectivity index is 0.000000257. The minimum absolute atomic E-state index is 0.0507. The Hall–Kier alpha value is -4.79. The molecule has 0 radical (unpaired) electrons. The molecule has 0 spiro atoms. The maximum Gasteiger partial charge on any atom is 0.519 e. The van der Waals surface area contributed by atoms with Gasteiger partial charge in [0, 0.05) is 43.9 Å². The number of fused-ring (bicyclic) bond motifs is 2. The summed E-state index contributed by atoms with van der Waals surface area (Å²) in [6.07, 6.45) is -0.844. The average molecular weight is 675 g/mol. The van der Waals surface area contributed by atoms with Crippen LogP contribution >= 0.6 is 0 Å². The van der Waals surface area contributed by atoms with Crippen LogP contribution in [0.5, 0.6) is 0 Å². The number of nitrogens with zero attached hydrogens (tertiary/aromatic N) is 3. The lowest BCUT2D eigenvalue weighted by molar-refractivity contribution is -0.385. The molecule has 0 aliphatic carbocycles. The highest BCUT2D eigenvalue weighted by atomic mass is 16.8. The van der Waals surface area contributed by atoms with Gasteiger partial charge in [0.25, 0.3) is 11.4 Å². The first kappa shape index (κ1) is 39.4. The third kappa shape index (κ3) is 14.3. The Bertz CT molecular complexity index is 1460. The van der Waals surface area contributed by atoms with Gasteiger partial charge in [-0.05, 0) is 104 Å². The molecule has 0 aromatic heterocycles. The van der Waals surface area contributed by atoms with Crippen LogP contribution in [0.25, 0.3) is 0 Å². The van der Waals surface area contributed by atoms with Crippen molar-refractivity contribution >= 4 is 29.8 Å². The van der Waals surface area contributed by atoms with Gasteiger partial charge in [0.05, 0.1) is 9.85 Å². The van der Waals surface area contributed by atoms with Crippen LogP contribution in [0.3, 0.4) is 0 Å². The first-order chi connectivity index (χ1) is 22.0. The van der Waals surface area contributed by atoms with E-state index < -0.39 is 34.0 Å². The highest BCUT2D eigenvalue weighted by molar-refractivity contribution is 5.77. The quantitative estimate of drug-likeness (QED) is 0.113. The highest BCUT2D eigenvalue weighted by Crippen LogP contribution is 2.25. The molecule has 0 saturated carbocycles. The summed E-state index contributed by atoms with van der Waals surface area (Å²) in [4.78, 5) is 56.1. The van der Waals surface area contributed by atoms with E-state index in [4.69, 9.17) is 14.2 Å². The molecule has 2 aliphatic rings. The van der Waals surface area contributed by atoms with Crippen LogP contribution in [0.2, 0.25) is 0 Å². The zero-order valence-electron chi connectivity index (χ0n) is 29.0. The van der Waals surface area contributed by atoms with Crippen LogP contribution in [0, 0.1) is 20.2 Å². The zero-order chi connectivity index (χ0) is 36.4. The summed E-state index contributed by atoms with van der Waals surface area (Å²) in [5.74, 6) is 0. The van der Waals surface area contributed by atoms with Crippen molar-refractivity contribution in [1.29, 1.82) is 0 Å². The summed E-state index contributed by atoms with van der Waals surface area (Å²) in [5, 5.41) is 24.4. The Morgan fingerprint density at radius 2 is 1.15 bits per heavy atom. The lowest BCUT2D eigenvalue weighted by atomic mass is 9.99. The second-order valence-corrected chi connectivity index (χ2v) is 14.0. The maximum atomic E-state index is 12.0. The summed E-state index contributed by atoms with van der Waals surface area (Å²) in [7, 11) is 0. The van der Waals surface area contributed by atoms with E-state index >= 15 is 0 Å². The van der Waals surface area contributed by atoms with Crippen molar-refractivity contribution in [3.05, 3.63) is 78.9 Å². The van der Waals surface area contributed by atoms with Crippen molar-refractivity contribution in [3.63, 3.8) is 0 Å². The number of hydrogen-bond donors (Lipinski definition) is 1. The van der Waals surface area contributed by atoms with Crippen LogP contribution in [0.4, 0.5) is 25.8 Å². The molecule has 2 aromatic rings. The fraction of sp³-hybridized carbons (Fsp3) is 0.545. The van der Waals surface area contributed by atoms with E-state index in [0.29, 0.717) is 19.5 Å². The Morgan fingerprint density at radius 3 is 1.60 bits per heavy atom. The number of nitro benzene ring substituents is 2. The largest absolute Gasteiger partial charge is 0.519 e. The number of benzene rings is 2. The average Bonchev–Trinajstić information content (AvgIpc) is 2.94. The van der Waals surface area contributed by atoms with E-state index in [-0.39, 0.29) is 22.4 Å². The van der Waals surface area contributed by atoms with Gasteiger partial charge in [0.15, 0.2) is 0 Å². The second kappa shape index (κ2) is 16.4. The molecular formula is C33H46N4O11. The molecular weight excluding hydrogens is 628 g/mol. The van der Waals surface area contributed by atoms with E-state index in [1.807, 2.05) is 26.8 Å². The predicted octanol–water partition coefficient (Wildman–Crippen LogP) is 7.00. The first-order valence-corrected chi connectivity index (χ1v) is 15.4. The number of carbonyl (C=O) groups is 3. The number of ether oxygens (including phenoxy) is 4. The molecule has 2 aromatic carbocycles. The number of nitrogens with one attached hydrogen (secondary N) is 1. The lowest BCUT2D eigenvalue weighted by Gasteiger charge is -2.31. The van der Waals surface area contributed by atoms with Crippen molar-refractivity contribution in [2.24, 2.45) is 0 Å². The third-order valence-electron chi connectivity index (χ3n) is 6.30. The molecule has 0 fully saturated rings. The molecule has 4 rings (SSSR count). The van der Waals surface area contributed by atoms with Gasteiger partial charge in [0.2, 0.25) is 0 Å². The van der Waals surface area contributed by atoms with Gasteiger partial charge in [0.1, 0.15) is 16.8 Å². The molecule has 0 atom stereocenters. The Labute approximate surface area is 280 Å². The molecule has 264 valence electrons. The topological polar surface area (TPSA) is 190 Å². The van der Waals surface area contributed by atoms with Crippen molar-refractivity contribution in [2.45, 2.75) is 105 Å². The number of nitro groups is 2. The number of carbonyl (C=O) groups excluding carboxylic acids is 3. The molecule has 15 nitrogen and oxygen atoms in total. The molecule has 48 heavy (non-hydrogen) atoms. The smallest absolute Gasteiger partial charge is 0.444 e. The van der Waals surface area contributed by atoms with Gasteiger partial charge in [-0.1, -0.05) is 12.1 Å². The van der Waals surface area contributed by atoms with Gasteiger partial charge < -0.3 is 29.2 Å². The third-order valence-corrected chi connectivity index (χ3v) is 6.30. The van der Waals surface area contributed by atoms with Gasteiger partial charge in [-0.15, -0.1) is 0 Å². The van der Waals surface area contributed by atoms with Crippen molar-refractivity contribution in [1.82, 2.24) is 10.2 Å². The van der Waals surface area contributed by atoms with Gasteiger partial charge in [-0.2, -0.15) is 0 Å². The lowest BCUT2D eigenvalue weighted by Crippen LogP contribution is -2.39. The first-order valence-electron chi connectivity index (χ1n) is 15.4. The van der Waals surface area contributed by atoms with Crippen LogP contribution in [-0.4, -0.2) is 63.0 Å². The molecule has 0 unspecified atom stereocenters. The van der Waals surface area contributed by atoms with Crippen LogP contribution in [-0.2, 0) is 44.9 Å². The summed E-state index contributed by atoms with van der Waals surface area (Å²) in [5.41, 5.74) is 2.45. The minimum Gasteiger partial charge on any atom is -0.444 e. The summed E-state index contributed by atoms with van der Waals surface area (Å²) in [6, 6.07) is 9.88. The molecule has 0 bridgehead atoms. The van der Waals surface area contributed by atoms with Crippen LogP contribution in [0.15, 0.2) is 36.4 Å². The fourth-order valence-electron chi connectivity index (χ4n) is 4.33. The second-order valence-electron chi connectivity index (χ2n) is 14.0. The van der Waals surface area contributed by atoms with Gasteiger partial charge >= 0.3 is 18.4 Å². The van der Waals surface area contributed by atoms with E-state index in [1.54, 1.807) is 64.6 Å². The van der Waals surface area contributed by atoms with Crippen LogP contribution in [0.1, 0.15) is 84.6 Å². The standard InChI is InChI=1S/C14H18N2O4.C10H18O5.C9H10N2O2/c1-14(2,3)20-13(17)15-7-6-10-4-5-12(16(18)19)8-11(10)9-15;1-9(2,3)14-7(11)13-8(12)15-10(4,5)6;12-11(13)9-2-1-7-3-4-10-6-8(7)5-9/h4-5,8H,6-7,9H2,1-3H3;1-6H3;1-2,5,10H,3-4,6H2. The molecule has 0 saturated heterocycles. The molecule has 1 amide bonds. The molecule has 2 aliphatic heterocycles. The van der Waals surface area contributed by atoms with E-state index in [0.717, 1.165) is 36.2 Å². The molecule has 2 heterocycles. The van der Waals surface area contributed by atoms with E-state index in [1.165, 1.54) is 17.7 Å². The number of rotatable bonds is 2. The minimum atomic E-state index is -1.06. The number of non-ortho nitro benzene ring substituents is 2. The normalized spacial score (nSPS) is 13.9. The molecule has 15 heteroatoms. The maximum absolute atomic E-state index is 12.0. The Morgan fingerprint density at radius 1 is 0.688 bits per heavy atom. The summed E-state index contributed by atoms with van der Waals surface area (Å²) >= 11 is 0. The van der Waals surface area contributed by atoms with Gasteiger partial charge in [-0.3, -0.25) is 20.2 Å². The number of amides is 1. The van der Waals surface area contributed by atoms with Crippen LogP contribution < -0.4 is 5.32 Å². The Kier molecular flexibility index (Phi) is 13.4. The van der Waals surface area contributed by atoms with E-state index in [9.17, 15) is 34.6 Å². The van der Waals surface area contributed by atoms with Crippen molar-refractivity contribution < 1.29 is 43.2 Å². The monoisotopic (exact) mass is 674 g/mol. The number of hydrogen-bond acceptors (Lipinski definition) is 12. The van der Waals surface area contributed by atoms with Gasteiger partial charge in [-0.25, -0.2) is 14.4 Å². The highest BCUT2D eigenvalue weighted by Gasteiger charge is 2.27. The van der Waals surface area contributed by atoms with Crippen molar-refractivity contribution in [2.75, 3.05) is 13.1 Å². The zero-order valence-corrected chi connectivity index (χ0v) is 29.0. The molecule has 1 N–H and O–H groups in total.